The van der Waals surface area contributed by atoms with Crippen LogP contribution in [-0.4, -0.2) is 32.2 Å². The molecule has 3 rings (SSSR count). The largest absolute Gasteiger partial charge is 0.295 e. The molecule has 6 heteroatoms. The van der Waals surface area contributed by atoms with Crippen molar-refractivity contribution in [3.63, 3.8) is 0 Å². The summed E-state index contributed by atoms with van der Waals surface area (Å²) in [6.07, 6.45) is 0. The molecular weight excluding hydrogens is 281 g/mol. The summed E-state index contributed by atoms with van der Waals surface area (Å²) in [6.45, 7) is 1.19. The molecule has 0 fully saturated rings. The molecule has 3 aromatic rings. The normalized spacial score (nSPS) is 11.0. The van der Waals surface area contributed by atoms with E-state index in [1.807, 2.05) is 48.3 Å². The average molecular weight is 297 g/mol. The van der Waals surface area contributed by atoms with Crippen molar-refractivity contribution in [1.82, 2.24) is 25.1 Å². The van der Waals surface area contributed by atoms with Gasteiger partial charge in [-0.1, -0.05) is 30.3 Å². The monoisotopic (exact) mass is 297 g/mol. The van der Waals surface area contributed by atoms with Crippen molar-refractivity contribution in [2.45, 2.75) is 13.1 Å². The van der Waals surface area contributed by atoms with Gasteiger partial charge in [-0.15, -0.1) is 5.10 Å². The van der Waals surface area contributed by atoms with E-state index in [2.05, 4.69) is 15.5 Å². The molecule has 0 amide bonds. The number of halogens is 1. The summed E-state index contributed by atoms with van der Waals surface area (Å²) in [5.41, 5.74) is 1.84. The predicted molar refractivity (Wildman–Crippen MR) is 80.7 cm³/mol. The summed E-state index contributed by atoms with van der Waals surface area (Å²) in [7, 11) is 1.95. The van der Waals surface area contributed by atoms with E-state index in [1.54, 1.807) is 10.7 Å². The molecule has 0 aliphatic rings. The lowest BCUT2D eigenvalue weighted by atomic mass is 10.2. The van der Waals surface area contributed by atoms with Crippen molar-refractivity contribution in [1.29, 1.82) is 0 Å². The first kappa shape index (κ1) is 14.3. The van der Waals surface area contributed by atoms with Crippen molar-refractivity contribution >= 4 is 0 Å². The van der Waals surface area contributed by atoms with Gasteiger partial charge in [0, 0.05) is 6.54 Å². The van der Waals surface area contributed by atoms with Crippen LogP contribution in [0.25, 0.3) is 5.69 Å². The molecule has 2 aromatic carbocycles. The third kappa shape index (κ3) is 3.35. The number of aromatic nitrogens is 4. The molecule has 0 radical (unpaired) electrons. The fraction of sp³-hybridized carbons (Fsp3) is 0.188. The Bertz CT molecular complexity index is 741. The zero-order valence-electron chi connectivity index (χ0n) is 12.2. The highest BCUT2D eigenvalue weighted by Crippen LogP contribution is 2.11. The number of hydrogen-bond donors (Lipinski definition) is 0. The van der Waals surface area contributed by atoms with Crippen LogP contribution in [0.3, 0.4) is 0 Å². The number of rotatable bonds is 5. The Hall–Kier alpha value is -2.60. The van der Waals surface area contributed by atoms with Gasteiger partial charge in [0.15, 0.2) is 5.82 Å². The lowest BCUT2D eigenvalue weighted by Gasteiger charge is -2.16. The fourth-order valence-corrected chi connectivity index (χ4v) is 2.32. The molecule has 0 saturated heterocycles. The predicted octanol–water partition coefficient (Wildman–Crippen LogP) is 2.43. The molecule has 22 heavy (non-hydrogen) atoms. The van der Waals surface area contributed by atoms with Gasteiger partial charge in [0.2, 0.25) is 0 Å². The van der Waals surface area contributed by atoms with Gasteiger partial charge < -0.3 is 0 Å². The van der Waals surface area contributed by atoms with Crippen LogP contribution >= 0.6 is 0 Å². The van der Waals surface area contributed by atoms with E-state index in [0.717, 1.165) is 17.1 Å². The van der Waals surface area contributed by atoms with Crippen LogP contribution in [-0.2, 0) is 13.1 Å². The summed E-state index contributed by atoms with van der Waals surface area (Å²) >= 11 is 0. The number of hydrogen-bond acceptors (Lipinski definition) is 4. The third-order valence-corrected chi connectivity index (χ3v) is 3.29. The summed E-state index contributed by atoms with van der Waals surface area (Å²) in [5, 5.41) is 11.9. The second-order valence-electron chi connectivity index (χ2n) is 5.14. The van der Waals surface area contributed by atoms with E-state index in [4.69, 9.17) is 0 Å². The zero-order chi connectivity index (χ0) is 15.4. The Balaban J connectivity index is 1.73. The zero-order valence-corrected chi connectivity index (χ0v) is 12.2. The van der Waals surface area contributed by atoms with Crippen LogP contribution in [0.2, 0.25) is 0 Å². The molecular formula is C16H16FN5. The van der Waals surface area contributed by atoms with E-state index in [1.165, 1.54) is 12.1 Å². The van der Waals surface area contributed by atoms with Gasteiger partial charge in [-0.3, -0.25) is 4.90 Å². The van der Waals surface area contributed by atoms with Gasteiger partial charge in [-0.05, 0) is 47.3 Å². The number of benzene rings is 2. The Labute approximate surface area is 128 Å². The van der Waals surface area contributed by atoms with E-state index >= 15 is 0 Å². The maximum absolute atomic E-state index is 13.2. The smallest absolute Gasteiger partial charge is 0.170 e. The van der Waals surface area contributed by atoms with E-state index in [-0.39, 0.29) is 5.82 Å². The van der Waals surface area contributed by atoms with Gasteiger partial charge in [-0.25, -0.2) is 4.39 Å². The first-order valence-electron chi connectivity index (χ1n) is 6.98. The number of nitrogens with zero attached hydrogens (tertiary/aromatic N) is 5. The van der Waals surface area contributed by atoms with Crippen molar-refractivity contribution in [3.05, 3.63) is 71.8 Å². The minimum atomic E-state index is -0.222. The molecule has 5 nitrogen and oxygen atoms in total. The molecule has 112 valence electrons. The molecule has 1 aromatic heterocycles. The quantitative estimate of drug-likeness (QED) is 0.725. The molecule has 0 aliphatic carbocycles. The first-order valence-corrected chi connectivity index (χ1v) is 6.98. The minimum absolute atomic E-state index is 0.222. The van der Waals surface area contributed by atoms with Crippen molar-refractivity contribution < 1.29 is 4.39 Å². The Morgan fingerprint density at radius 2 is 1.86 bits per heavy atom. The average Bonchev–Trinajstić information content (AvgIpc) is 2.96. The van der Waals surface area contributed by atoms with Crippen molar-refractivity contribution in [2.24, 2.45) is 0 Å². The summed E-state index contributed by atoms with van der Waals surface area (Å²) in [4.78, 5) is 2.04. The molecule has 0 bridgehead atoms. The van der Waals surface area contributed by atoms with Crippen LogP contribution in [0.15, 0.2) is 54.6 Å². The van der Waals surface area contributed by atoms with Crippen LogP contribution in [0.4, 0.5) is 4.39 Å². The SMILES string of the molecule is CN(Cc1cccc(F)c1)Cc1nnnn1-c1ccccc1. The van der Waals surface area contributed by atoms with Gasteiger partial charge in [0.05, 0.1) is 12.2 Å². The molecule has 0 spiro atoms. The van der Waals surface area contributed by atoms with Crippen molar-refractivity contribution in [2.75, 3.05) is 7.05 Å². The molecule has 0 saturated carbocycles. The van der Waals surface area contributed by atoms with Gasteiger partial charge in [0.1, 0.15) is 5.82 Å². The van der Waals surface area contributed by atoms with E-state index < -0.39 is 0 Å². The van der Waals surface area contributed by atoms with Gasteiger partial charge >= 0.3 is 0 Å². The van der Waals surface area contributed by atoms with Crippen LogP contribution < -0.4 is 0 Å². The van der Waals surface area contributed by atoms with Gasteiger partial charge in [-0.2, -0.15) is 4.68 Å². The van der Waals surface area contributed by atoms with E-state index in [0.29, 0.717) is 13.1 Å². The Morgan fingerprint density at radius 1 is 1.05 bits per heavy atom. The minimum Gasteiger partial charge on any atom is -0.295 e. The summed E-state index contributed by atoms with van der Waals surface area (Å²) in [5.74, 6) is 0.519. The third-order valence-electron chi connectivity index (χ3n) is 3.29. The van der Waals surface area contributed by atoms with Crippen LogP contribution in [0.5, 0.6) is 0 Å². The topological polar surface area (TPSA) is 46.8 Å². The summed E-state index contributed by atoms with van der Waals surface area (Å²) in [6, 6.07) is 16.3. The first-order chi connectivity index (χ1) is 10.7. The highest BCUT2D eigenvalue weighted by molar-refractivity contribution is 5.30. The molecule has 1 heterocycles. The Morgan fingerprint density at radius 3 is 2.64 bits per heavy atom. The molecule has 0 unspecified atom stereocenters. The van der Waals surface area contributed by atoms with Crippen molar-refractivity contribution in [3.8, 4) is 5.69 Å². The maximum Gasteiger partial charge on any atom is 0.170 e. The highest BCUT2D eigenvalue weighted by atomic mass is 19.1. The summed E-state index contributed by atoms with van der Waals surface area (Å²) < 4.78 is 14.9. The van der Waals surface area contributed by atoms with E-state index in [9.17, 15) is 4.39 Å². The second kappa shape index (κ2) is 6.44. The number of para-hydroxylation sites is 1. The lowest BCUT2D eigenvalue weighted by molar-refractivity contribution is 0.307. The fourth-order valence-electron chi connectivity index (χ4n) is 2.32. The van der Waals surface area contributed by atoms with Crippen LogP contribution in [0.1, 0.15) is 11.4 Å². The van der Waals surface area contributed by atoms with Gasteiger partial charge in [0.25, 0.3) is 0 Å². The number of tetrazole rings is 1. The molecule has 0 N–H and O–H groups in total. The molecule has 0 aliphatic heterocycles. The highest BCUT2D eigenvalue weighted by Gasteiger charge is 2.11. The second-order valence-corrected chi connectivity index (χ2v) is 5.14. The van der Waals surface area contributed by atoms with Crippen LogP contribution in [0, 0.1) is 5.82 Å². The lowest BCUT2D eigenvalue weighted by Crippen LogP contribution is -2.20. The molecule has 0 atom stereocenters. The maximum atomic E-state index is 13.2. The Kier molecular flexibility index (Phi) is 4.20. The standard InChI is InChI=1S/C16H16FN5/c1-21(11-13-6-5-7-14(17)10-13)12-16-18-19-20-22(16)15-8-3-2-4-9-15/h2-10H,11-12H2,1H3.